The van der Waals surface area contributed by atoms with E-state index >= 15 is 0 Å². The molecule has 1 aliphatic carbocycles. The molecule has 0 aromatic heterocycles. The second-order valence-electron chi connectivity index (χ2n) is 4.76. The Morgan fingerprint density at radius 1 is 1.17 bits per heavy atom. The van der Waals surface area contributed by atoms with Crippen LogP contribution >= 0.6 is 0 Å². The molecule has 98 valence electrons. The number of likely N-dealkylation sites (N-methyl/N-ethyl adjacent to an activating group) is 2. The fourth-order valence-electron chi connectivity index (χ4n) is 2.30. The summed E-state index contributed by atoms with van der Waals surface area (Å²) in [5, 5.41) is 0. The number of hydrogen-bond donors (Lipinski definition) is 0. The molecule has 2 rings (SSSR count). The van der Waals surface area contributed by atoms with Crippen molar-refractivity contribution in [3.8, 4) is 0 Å². The van der Waals surface area contributed by atoms with E-state index in [2.05, 4.69) is 30.9 Å². The zero-order valence-electron chi connectivity index (χ0n) is 11.3. The lowest BCUT2D eigenvalue weighted by Gasteiger charge is -2.27. The Morgan fingerprint density at radius 3 is 2.33 bits per heavy atom. The van der Waals surface area contributed by atoms with Crippen LogP contribution in [0, 0.1) is 0 Å². The maximum atomic E-state index is 12.3. The first-order valence-corrected chi connectivity index (χ1v) is 6.85. The Kier molecular flexibility index (Phi) is 4.24. The van der Waals surface area contributed by atoms with Gasteiger partial charge in [-0.3, -0.25) is 4.79 Å². The van der Waals surface area contributed by atoms with Gasteiger partial charge >= 0.3 is 0 Å². The van der Waals surface area contributed by atoms with Crippen LogP contribution in [0.2, 0.25) is 0 Å². The van der Waals surface area contributed by atoms with Crippen LogP contribution in [0.3, 0.4) is 0 Å². The summed E-state index contributed by atoms with van der Waals surface area (Å²) in [5.74, 6) is 0.255. The second-order valence-corrected chi connectivity index (χ2v) is 4.76. The molecular formula is C15H22N2O. The average Bonchev–Trinajstić information content (AvgIpc) is 3.22. The predicted molar refractivity (Wildman–Crippen MR) is 74.7 cm³/mol. The normalized spacial score (nSPS) is 14.3. The van der Waals surface area contributed by atoms with Crippen molar-refractivity contribution >= 4 is 11.6 Å². The molecular weight excluding hydrogens is 224 g/mol. The van der Waals surface area contributed by atoms with Gasteiger partial charge in [0.15, 0.2) is 0 Å². The molecule has 1 saturated carbocycles. The predicted octanol–water partition coefficient (Wildman–Crippen LogP) is 2.52. The molecule has 1 aromatic carbocycles. The zero-order valence-corrected chi connectivity index (χ0v) is 11.3. The van der Waals surface area contributed by atoms with Gasteiger partial charge in [-0.1, -0.05) is 18.2 Å². The number of rotatable bonds is 6. The van der Waals surface area contributed by atoms with Crippen molar-refractivity contribution in [1.29, 1.82) is 0 Å². The van der Waals surface area contributed by atoms with E-state index in [9.17, 15) is 4.79 Å². The molecule has 0 aliphatic heterocycles. The van der Waals surface area contributed by atoms with Gasteiger partial charge in [0.05, 0.1) is 6.54 Å². The number of nitrogens with zero attached hydrogens (tertiary/aromatic N) is 2. The van der Waals surface area contributed by atoms with Gasteiger partial charge in [-0.25, -0.2) is 0 Å². The molecule has 0 unspecified atom stereocenters. The fraction of sp³-hybridized carbons (Fsp3) is 0.533. The van der Waals surface area contributed by atoms with Crippen LogP contribution in [-0.4, -0.2) is 36.5 Å². The van der Waals surface area contributed by atoms with Crippen molar-refractivity contribution in [3.63, 3.8) is 0 Å². The lowest BCUT2D eigenvalue weighted by atomic mass is 10.2. The quantitative estimate of drug-likeness (QED) is 0.770. The van der Waals surface area contributed by atoms with Crippen LogP contribution in [0.4, 0.5) is 5.69 Å². The third-order valence-corrected chi connectivity index (χ3v) is 3.48. The molecule has 18 heavy (non-hydrogen) atoms. The van der Waals surface area contributed by atoms with Gasteiger partial charge in [-0.15, -0.1) is 0 Å². The van der Waals surface area contributed by atoms with E-state index < -0.39 is 0 Å². The third kappa shape index (κ3) is 3.03. The highest BCUT2D eigenvalue weighted by molar-refractivity contribution is 5.82. The minimum atomic E-state index is 0.255. The molecule has 0 heterocycles. The Balaban J connectivity index is 1.99. The molecule has 3 nitrogen and oxygen atoms in total. The second kappa shape index (κ2) is 5.89. The first kappa shape index (κ1) is 12.9. The Hall–Kier alpha value is -1.51. The molecule has 0 radical (unpaired) electrons. The van der Waals surface area contributed by atoms with Gasteiger partial charge in [0.25, 0.3) is 0 Å². The first-order valence-electron chi connectivity index (χ1n) is 6.85. The van der Waals surface area contributed by atoms with Crippen molar-refractivity contribution in [3.05, 3.63) is 30.3 Å². The Morgan fingerprint density at radius 2 is 1.83 bits per heavy atom. The number of benzene rings is 1. The number of amides is 1. The summed E-state index contributed by atoms with van der Waals surface area (Å²) in [6.45, 7) is 6.33. The van der Waals surface area contributed by atoms with E-state index in [1.807, 2.05) is 23.1 Å². The zero-order chi connectivity index (χ0) is 13.0. The third-order valence-electron chi connectivity index (χ3n) is 3.48. The SMILES string of the molecule is CCN(CC(=O)N(CC)C1CC1)c1ccccc1. The minimum absolute atomic E-state index is 0.255. The van der Waals surface area contributed by atoms with Gasteiger partial charge in [0.2, 0.25) is 5.91 Å². The summed E-state index contributed by atoms with van der Waals surface area (Å²) >= 11 is 0. The van der Waals surface area contributed by atoms with Crippen LogP contribution in [-0.2, 0) is 4.79 Å². The van der Waals surface area contributed by atoms with Crippen LogP contribution in [0.1, 0.15) is 26.7 Å². The Labute approximate surface area is 109 Å². The highest BCUT2D eigenvalue weighted by atomic mass is 16.2. The minimum Gasteiger partial charge on any atom is -0.362 e. The van der Waals surface area contributed by atoms with Crippen molar-refractivity contribution in [1.82, 2.24) is 4.90 Å². The topological polar surface area (TPSA) is 23.6 Å². The molecule has 3 heteroatoms. The summed E-state index contributed by atoms with van der Waals surface area (Å²) in [7, 11) is 0. The standard InChI is InChI=1S/C15H22N2O/c1-3-16(13-8-6-5-7-9-13)12-15(18)17(4-2)14-10-11-14/h5-9,14H,3-4,10-12H2,1-2H3. The highest BCUT2D eigenvalue weighted by Crippen LogP contribution is 2.27. The van der Waals surface area contributed by atoms with E-state index in [1.165, 1.54) is 12.8 Å². The van der Waals surface area contributed by atoms with Crippen LogP contribution < -0.4 is 4.90 Å². The fourth-order valence-corrected chi connectivity index (χ4v) is 2.30. The molecule has 1 amide bonds. The summed E-state index contributed by atoms with van der Waals surface area (Å²) in [6, 6.07) is 10.7. The number of anilines is 1. The Bertz CT molecular complexity index is 387. The van der Waals surface area contributed by atoms with Crippen molar-refractivity contribution < 1.29 is 4.79 Å². The molecule has 0 spiro atoms. The first-order chi connectivity index (χ1) is 8.76. The molecule has 0 bridgehead atoms. The summed E-state index contributed by atoms with van der Waals surface area (Å²) in [4.78, 5) is 16.4. The van der Waals surface area contributed by atoms with E-state index in [0.717, 1.165) is 18.8 Å². The summed E-state index contributed by atoms with van der Waals surface area (Å²) in [6.07, 6.45) is 2.36. The number of hydrogen-bond acceptors (Lipinski definition) is 2. The summed E-state index contributed by atoms with van der Waals surface area (Å²) in [5.41, 5.74) is 1.13. The lowest BCUT2D eigenvalue weighted by molar-refractivity contribution is -0.130. The molecule has 0 N–H and O–H groups in total. The molecule has 1 aliphatic rings. The number of para-hydroxylation sites is 1. The number of carbonyl (C=O) groups excluding carboxylic acids is 1. The smallest absolute Gasteiger partial charge is 0.242 e. The van der Waals surface area contributed by atoms with E-state index in [-0.39, 0.29) is 5.91 Å². The highest BCUT2D eigenvalue weighted by Gasteiger charge is 2.31. The van der Waals surface area contributed by atoms with Gasteiger partial charge in [-0.05, 0) is 38.8 Å². The van der Waals surface area contributed by atoms with Gasteiger partial charge in [0, 0.05) is 24.8 Å². The maximum Gasteiger partial charge on any atom is 0.242 e. The van der Waals surface area contributed by atoms with Crippen LogP contribution in [0.25, 0.3) is 0 Å². The van der Waals surface area contributed by atoms with Crippen LogP contribution in [0.5, 0.6) is 0 Å². The van der Waals surface area contributed by atoms with Crippen molar-refractivity contribution in [2.45, 2.75) is 32.7 Å². The van der Waals surface area contributed by atoms with Gasteiger partial charge in [0.1, 0.15) is 0 Å². The molecule has 1 fully saturated rings. The van der Waals surface area contributed by atoms with E-state index in [1.54, 1.807) is 0 Å². The van der Waals surface area contributed by atoms with Gasteiger partial charge < -0.3 is 9.80 Å². The average molecular weight is 246 g/mol. The largest absolute Gasteiger partial charge is 0.362 e. The summed E-state index contributed by atoms with van der Waals surface area (Å²) < 4.78 is 0. The molecule has 0 saturated heterocycles. The molecule has 0 atom stereocenters. The lowest BCUT2D eigenvalue weighted by Crippen LogP contribution is -2.41. The number of carbonyl (C=O) groups is 1. The van der Waals surface area contributed by atoms with Gasteiger partial charge in [-0.2, -0.15) is 0 Å². The van der Waals surface area contributed by atoms with Crippen LogP contribution in [0.15, 0.2) is 30.3 Å². The van der Waals surface area contributed by atoms with E-state index in [4.69, 9.17) is 0 Å². The van der Waals surface area contributed by atoms with Crippen molar-refractivity contribution in [2.24, 2.45) is 0 Å². The van der Waals surface area contributed by atoms with Crippen molar-refractivity contribution in [2.75, 3.05) is 24.5 Å². The monoisotopic (exact) mass is 246 g/mol. The molecule has 1 aromatic rings. The van der Waals surface area contributed by atoms with E-state index in [0.29, 0.717) is 12.6 Å². The maximum absolute atomic E-state index is 12.3.